The highest BCUT2D eigenvalue weighted by Crippen LogP contribution is 2.44. The molecule has 1 aromatic rings. The molecule has 20 heavy (non-hydrogen) atoms. The molecule has 108 valence electrons. The summed E-state index contributed by atoms with van der Waals surface area (Å²) in [5, 5.41) is 4.54. The number of hydrogen-bond acceptors (Lipinski definition) is 2. The molecule has 3 rings (SSSR count). The van der Waals surface area contributed by atoms with Crippen LogP contribution in [0.25, 0.3) is 0 Å². The molecule has 3 atom stereocenters. The maximum absolute atomic E-state index is 5.63. The van der Waals surface area contributed by atoms with E-state index in [1.807, 2.05) is 12.4 Å². The summed E-state index contributed by atoms with van der Waals surface area (Å²) in [7, 11) is 0. The van der Waals surface area contributed by atoms with Gasteiger partial charge >= 0.3 is 0 Å². The number of hydrogen-bond donors (Lipinski definition) is 1. The minimum absolute atomic E-state index is 0.618. The fourth-order valence-corrected chi connectivity index (χ4v) is 4.05. The molecule has 1 heterocycles. The van der Waals surface area contributed by atoms with Crippen molar-refractivity contribution < 1.29 is 0 Å². The lowest BCUT2D eigenvalue weighted by Crippen LogP contribution is -2.46. The Balaban J connectivity index is 1.57. The Hall–Kier alpha value is -1.16. The molecule has 0 radical (unpaired) electrons. The number of thiocarbonyl (C=S) groups is 1. The van der Waals surface area contributed by atoms with E-state index in [-0.39, 0.29) is 0 Å². The van der Waals surface area contributed by atoms with E-state index in [1.54, 1.807) is 0 Å². The van der Waals surface area contributed by atoms with Crippen LogP contribution >= 0.6 is 12.2 Å². The molecule has 0 amide bonds. The van der Waals surface area contributed by atoms with E-state index in [0.717, 1.165) is 30.0 Å². The Morgan fingerprint density at radius 1 is 1.35 bits per heavy atom. The lowest BCUT2D eigenvalue weighted by Gasteiger charge is -2.30. The maximum atomic E-state index is 5.63. The first-order valence-electron chi connectivity index (χ1n) is 7.70. The van der Waals surface area contributed by atoms with Crippen LogP contribution in [0.4, 0.5) is 0 Å². The molecule has 2 aliphatic rings. The predicted octanol–water partition coefficient (Wildman–Crippen LogP) is 2.97. The molecule has 0 spiro atoms. The molecule has 3 unspecified atom stereocenters. The molecule has 2 saturated carbocycles. The second-order valence-electron chi connectivity index (χ2n) is 6.10. The second-order valence-corrected chi connectivity index (χ2v) is 6.49. The fraction of sp³-hybridized carbons (Fsp3) is 0.625. The van der Waals surface area contributed by atoms with Gasteiger partial charge in [0.2, 0.25) is 0 Å². The summed E-state index contributed by atoms with van der Waals surface area (Å²) in [5.41, 5.74) is 1.26. The largest absolute Gasteiger partial charge is 0.360 e. The molecular formula is C16H23N3S. The van der Waals surface area contributed by atoms with Crippen LogP contribution < -0.4 is 5.32 Å². The van der Waals surface area contributed by atoms with E-state index in [2.05, 4.69) is 34.3 Å². The first-order valence-corrected chi connectivity index (χ1v) is 8.11. The summed E-state index contributed by atoms with van der Waals surface area (Å²) in [4.78, 5) is 6.31. The minimum Gasteiger partial charge on any atom is -0.360 e. The zero-order valence-corrected chi connectivity index (χ0v) is 12.9. The lowest BCUT2D eigenvalue weighted by atomic mass is 9.95. The highest BCUT2D eigenvalue weighted by Gasteiger charge is 2.39. The third-order valence-corrected chi connectivity index (χ3v) is 5.21. The summed E-state index contributed by atoms with van der Waals surface area (Å²) in [6.45, 7) is 3.97. The third-order valence-electron chi connectivity index (χ3n) is 4.84. The number of rotatable bonds is 4. The smallest absolute Gasteiger partial charge is 0.169 e. The summed E-state index contributed by atoms with van der Waals surface area (Å²) >= 11 is 5.63. The normalized spacial score (nSPS) is 27.6. The molecular weight excluding hydrogens is 266 g/mol. The van der Waals surface area contributed by atoms with Crippen LogP contribution in [0, 0.1) is 11.8 Å². The third kappa shape index (κ3) is 2.95. The molecule has 1 N–H and O–H groups in total. The first kappa shape index (κ1) is 13.8. The Kier molecular flexibility index (Phi) is 4.20. The molecule has 2 bridgehead atoms. The monoisotopic (exact) mass is 289 g/mol. The summed E-state index contributed by atoms with van der Waals surface area (Å²) in [6, 6.07) is 4.73. The van der Waals surface area contributed by atoms with Gasteiger partial charge in [-0.05, 0) is 67.9 Å². The van der Waals surface area contributed by atoms with Gasteiger partial charge < -0.3 is 10.2 Å². The van der Waals surface area contributed by atoms with Gasteiger partial charge in [0.1, 0.15) is 0 Å². The molecule has 4 heteroatoms. The second kappa shape index (κ2) is 6.08. The summed E-state index contributed by atoms with van der Waals surface area (Å²) in [6.07, 6.45) is 9.24. The van der Waals surface area contributed by atoms with Gasteiger partial charge in [0, 0.05) is 31.5 Å². The van der Waals surface area contributed by atoms with E-state index >= 15 is 0 Å². The number of nitrogens with zero attached hydrogens (tertiary/aromatic N) is 2. The molecule has 2 aliphatic carbocycles. The molecule has 2 fully saturated rings. The quantitative estimate of drug-likeness (QED) is 0.863. The van der Waals surface area contributed by atoms with Gasteiger partial charge in [0.15, 0.2) is 5.11 Å². The SMILES string of the molecule is CCN(Cc1ccncc1)C(=S)NC1CC2CCC1C2. The van der Waals surface area contributed by atoms with Crippen LogP contribution in [-0.4, -0.2) is 27.6 Å². The van der Waals surface area contributed by atoms with Crippen molar-refractivity contribution in [2.75, 3.05) is 6.54 Å². The van der Waals surface area contributed by atoms with Gasteiger partial charge in [-0.2, -0.15) is 0 Å². The average Bonchev–Trinajstić information content (AvgIpc) is 3.08. The Labute approximate surface area is 126 Å². The van der Waals surface area contributed by atoms with Crippen LogP contribution in [0.3, 0.4) is 0 Å². The number of aromatic nitrogens is 1. The Morgan fingerprint density at radius 3 is 2.75 bits per heavy atom. The summed E-state index contributed by atoms with van der Waals surface area (Å²) < 4.78 is 0. The maximum Gasteiger partial charge on any atom is 0.169 e. The molecule has 0 aliphatic heterocycles. The minimum atomic E-state index is 0.618. The first-order chi connectivity index (χ1) is 9.76. The number of fused-ring (bicyclic) bond motifs is 2. The van der Waals surface area contributed by atoms with Crippen molar-refractivity contribution in [2.24, 2.45) is 11.8 Å². The topological polar surface area (TPSA) is 28.2 Å². The molecule has 3 nitrogen and oxygen atoms in total. The fourth-order valence-electron chi connectivity index (χ4n) is 3.71. The van der Waals surface area contributed by atoms with E-state index < -0.39 is 0 Å². The zero-order chi connectivity index (χ0) is 13.9. The van der Waals surface area contributed by atoms with E-state index in [0.29, 0.717) is 6.04 Å². The van der Waals surface area contributed by atoms with Crippen LogP contribution in [0.1, 0.15) is 38.2 Å². The van der Waals surface area contributed by atoms with Crippen molar-refractivity contribution in [1.29, 1.82) is 0 Å². The standard InChI is InChI=1S/C16H23N3S/c1-2-19(11-12-5-7-17-8-6-12)16(20)18-15-10-13-3-4-14(15)9-13/h5-8,13-15H,2-4,9-11H2,1H3,(H,18,20). The van der Waals surface area contributed by atoms with Crippen molar-refractivity contribution >= 4 is 17.3 Å². The van der Waals surface area contributed by atoms with Crippen molar-refractivity contribution in [3.8, 4) is 0 Å². The zero-order valence-electron chi connectivity index (χ0n) is 12.1. The van der Waals surface area contributed by atoms with Gasteiger partial charge in [-0.15, -0.1) is 0 Å². The van der Waals surface area contributed by atoms with Crippen molar-refractivity contribution in [3.05, 3.63) is 30.1 Å². The predicted molar refractivity (Wildman–Crippen MR) is 85.3 cm³/mol. The number of nitrogens with one attached hydrogen (secondary N) is 1. The van der Waals surface area contributed by atoms with Gasteiger partial charge in [-0.3, -0.25) is 4.98 Å². The van der Waals surface area contributed by atoms with Crippen molar-refractivity contribution in [1.82, 2.24) is 15.2 Å². The highest BCUT2D eigenvalue weighted by atomic mass is 32.1. The van der Waals surface area contributed by atoms with Gasteiger partial charge in [-0.25, -0.2) is 0 Å². The van der Waals surface area contributed by atoms with Crippen LogP contribution in [-0.2, 0) is 6.54 Å². The molecule has 0 saturated heterocycles. The number of pyridine rings is 1. The summed E-state index contributed by atoms with van der Waals surface area (Å²) in [5.74, 6) is 1.81. The van der Waals surface area contributed by atoms with E-state index in [9.17, 15) is 0 Å². The van der Waals surface area contributed by atoms with E-state index in [1.165, 1.54) is 31.2 Å². The molecule has 0 aromatic carbocycles. The van der Waals surface area contributed by atoms with Crippen LogP contribution in [0.15, 0.2) is 24.5 Å². The Bertz CT molecular complexity index is 462. The van der Waals surface area contributed by atoms with Gasteiger partial charge in [-0.1, -0.05) is 6.42 Å². The average molecular weight is 289 g/mol. The van der Waals surface area contributed by atoms with Crippen LogP contribution in [0.5, 0.6) is 0 Å². The van der Waals surface area contributed by atoms with Crippen LogP contribution in [0.2, 0.25) is 0 Å². The van der Waals surface area contributed by atoms with Crippen molar-refractivity contribution in [2.45, 2.75) is 45.2 Å². The highest BCUT2D eigenvalue weighted by molar-refractivity contribution is 7.80. The van der Waals surface area contributed by atoms with Crippen molar-refractivity contribution in [3.63, 3.8) is 0 Å². The Morgan fingerprint density at radius 2 is 2.15 bits per heavy atom. The lowest BCUT2D eigenvalue weighted by molar-refractivity contribution is 0.361. The van der Waals surface area contributed by atoms with Gasteiger partial charge in [0.25, 0.3) is 0 Å². The van der Waals surface area contributed by atoms with E-state index in [4.69, 9.17) is 12.2 Å². The van der Waals surface area contributed by atoms with Gasteiger partial charge in [0.05, 0.1) is 0 Å². The molecule has 1 aromatic heterocycles.